The van der Waals surface area contributed by atoms with Gasteiger partial charge in [0.15, 0.2) is 11.5 Å². The second kappa shape index (κ2) is 8.77. The maximum absolute atomic E-state index is 15.4. The van der Waals surface area contributed by atoms with Crippen LogP contribution in [0.25, 0.3) is 11.1 Å². The molecule has 1 aliphatic carbocycles. The highest BCUT2D eigenvalue weighted by molar-refractivity contribution is 5.71. The number of rotatable bonds is 5. The first-order valence-electron chi connectivity index (χ1n) is 12.0. The SMILES string of the molecule is COc1ccc(-c2cc3c(cc2F)C(NC(=O)O[C@H]2CN4CCC2CC4)C(C)(C)C3)cc1OC. The highest BCUT2D eigenvalue weighted by atomic mass is 19.1. The van der Waals surface area contributed by atoms with Crippen LogP contribution in [0.2, 0.25) is 0 Å². The maximum atomic E-state index is 15.4. The van der Waals surface area contributed by atoms with Crippen LogP contribution in [0.5, 0.6) is 11.5 Å². The van der Waals surface area contributed by atoms with Crippen molar-refractivity contribution in [1.82, 2.24) is 10.2 Å². The highest BCUT2D eigenvalue weighted by Crippen LogP contribution is 2.47. The Morgan fingerprint density at radius 1 is 1.09 bits per heavy atom. The van der Waals surface area contributed by atoms with E-state index in [0.717, 1.165) is 50.0 Å². The Labute approximate surface area is 200 Å². The van der Waals surface area contributed by atoms with Gasteiger partial charge in [0.25, 0.3) is 0 Å². The van der Waals surface area contributed by atoms with Crippen molar-refractivity contribution in [3.8, 4) is 22.6 Å². The smallest absolute Gasteiger partial charge is 0.407 e. The summed E-state index contributed by atoms with van der Waals surface area (Å²) in [7, 11) is 3.14. The predicted octanol–water partition coefficient (Wildman–Crippen LogP) is 4.95. The van der Waals surface area contributed by atoms with Crippen molar-refractivity contribution in [2.75, 3.05) is 33.9 Å². The van der Waals surface area contributed by atoms with E-state index in [0.29, 0.717) is 28.5 Å². The molecule has 4 aliphatic rings. The zero-order valence-corrected chi connectivity index (χ0v) is 20.3. The number of nitrogens with zero attached hydrogens (tertiary/aromatic N) is 1. The zero-order valence-electron chi connectivity index (χ0n) is 20.3. The first kappa shape index (κ1) is 23.0. The van der Waals surface area contributed by atoms with Gasteiger partial charge in [-0.2, -0.15) is 0 Å². The fourth-order valence-corrected chi connectivity index (χ4v) is 5.90. The molecule has 3 saturated heterocycles. The molecule has 3 fully saturated rings. The van der Waals surface area contributed by atoms with E-state index in [2.05, 4.69) is 24.1 Å². The molecule has 1 amide bonds. The summed E-state index contributed by atoms with van der Waals surface area (Å²) in [5.74, 6) is 1.26. The lowest BCUT2D eigenvalue weighted by atomic mass is 9.85. The van der Waals surface area contributed by atoms with Gasteiger partial charge in [0.1, 0.15) is 11.9 Å². The molecule has 0 spiro atoms. The average molecular weight is 469 g/mol. The summed E-state index contributed by atoms with van der Waals surface area (Å²) in [6, 6.07) is 8.53. The summed E-state index contributed by atoms with van der Waals surface area (Å²) in [6.07, 6.45) is 2.43. The number of fused-ring (bicyclic) bond motifs is 4. The lowest BCUT2D eigenvalue weighted by molar-refractivity contribution is -0.0349. The molecular formula is C27H33FN2O4. The van der Waals surface area contributed by atoms with E-state index in [1.807, 2.05) is 12.1 Å². The van der Waals surface area contributed by atoms with Gasteiger partial charge in [-0.3, -0.25) is 4.90 Å². The van der Waals surface area contributed by atoms with Gasteiger partial charge in [0, 0.05) is 12.1 Å². The van der Waals surface area contributed by atoms with Gasteiger partial charge in [-0.05, 0) is 84.6 Å². The van der Waals surface area contributed by atoms with Crippen LogP contribution in [-0.2, 0) is 11.2 Å². The molecule has 182 valence electrons. The molecule has 6 nitrogen and oxygen atoms in total. The number of alkyl carbamates (subject to hydrolysis) is 1. The van der Waals surface area contributed by atoms with E-state index >= 15 is 4.39 Å². The normalized spacial score (nSPS) is 26.6. The van der Waals surface area contributed by atoms with Gasteiger partial charge < -0.3 is 19.5 Å². The summed E-state index contributed by atoms with van der Waals surface area (Å²) in [5, 5.41) is 3.07. The van der Waals surface area contributed by atoms with Gasteiger partial charge in [-0.25, -0.2) is 9.18 Å². The molecule has 3 heterocycles. The van der Waals surface area contributed by atoms with Gasteiger partial charge in [-0.1, -0.05) is 19.9 Å². The molecule has 0 aromatic heterocycles. The fourth-order valence-electron chi connectivity index (χ4n) is 5.90. The van der Waals surface area contributed by atoms with E-state index in [1.165, 1.54) is 0 Å². The second-order valence-electron chi connectivity index (χ2n) is 10.4. The number of benzene rings is 2. The number of halogens is 1. The summed E-state index contributed by atoms with van der Waals surface area (Å²) in [6.45, 7) is 7.19. The van der Waals surface area contributed by atoms with Crippen molar-refractivity contribution in [3.05, 3.63) is 47.3 Å². The van der Waals surface area contributed by atoms with E-state index in [1.54, 1.807) is 32.4 Å². The van der Waals surface area contributed by atoms with Crippen LogP contribution in [0.15, 0.2) is 30.3 Å². The Hall–Kier alpha value is -2.80. The monoisotopic (exact) mass is 468 g/mol. The maximum Gasteiger partial charge on any atom is 0.407 e. The molecule has 34 heavy (non-hydrogen) atoms. The Balaban J connectivity index is 1.38. The van der Waals surface area contributed by atoms with Gasteiger partial charge in [0.05, 0.1) is 20.3 Å². The largest absolute Gasteiger partial charge is 0.493 e. The Kier molecular flexibility index (Phi) is 5.92. The number of amides is 1. The summed E-state index contributed by atoms with van der Waals surface area (Å²) >= 11 is 0. The number of hydrogen-bond acceptors (Lipinski definition) is 5. The lowest BCUT2D eigenvalue weighted by Gasteiger charge is -2.44. The van der Waals surface area contributed by atoms with Crippen molar-refractivity contribution in [3.63, 3.8) is 0 Å². The number of hydrogen-bond donors (Lipinski definition) is 1. The molecule has 0 radical (unpaired) electrons. The zero-order chi connectivity index (χ0) is 24.0. The van der Waals surface area contributed by atoms with Crippen molar-refractivity contribution in [1.29, 1.82) is 0 Å². The molecule has 3 aliphatic heterocycles. The average Bonchev–Trinajstić information content (AvgIpc) is 3.07. The lowest BCUT2D eigenvalue weighted by Crippen LogP contribution is -2.53. The minimum Gasteiger partial charge on any atom is -0.493 e. The van der Waals surface area contributed by atoms with Crippen LogP contribution in [-0.4, -0.2) is 51.0 Å². The van der Waals surface area contributed by atoms with Crippen LogP contribution < -0.4 is 14.8 Å². The molecule has 1 N–H and O–H groups in total. The molecule has 0 saturated carbocycles. The van der Waals surface area contributed by atoms with E-state index in [-0.39, 0.29) is 23.4 Å². The predicted molar refractivity (Wildman–Crippen MR) is 128 cm³/mol. The van der Waals surface area contributed by atoms with Crippen LogP contribution >= 0.6 is 0 Å². The Morgan fingerprint density at radius 3 is 2.47 bits per heavy atom. The third-order valence-electron chi connectivity index (χ3n) is 7.78. The first-order chi connectivity index (χ1) is 16.3. The number of carbonyl (C=O) groups excluding carboxylic acids is 1. The van der Waals surface area contributed by atoms with Crippen molar-refractivity contribution < 1.29 is 23.4 Å². The van der Waals surface area contributed by atoms with E-state index < -0.39 is 6.09 Å². The number of methoxy groups -OCH3 is 2. The van der Waals surface area contributed by atoms with Crippen molar-refractivity contribution in [2.45, 2.75) is 45.3 Å². The standard InChI is InChI=1S/C27H33FN2O4/c1-27(2)14-18-11-19(17-5-6-22(32-3)23(12-17)33-4)21(28)13-20(18)25(27)29-26(31)34-24-15-30-9-7-16(24)8-10-30/h5-6,11-13,16,24-25H,7-10,14-15H2,1-4H3,(H,29,31)/t24-,25?/m0/s1. The number of carbonyl (C=O) groups is 1. The summed E-state index contributed by atoms with van der Waals surface area (Å²) < 4.78 is 31.9. The van der Waals surface area contributed by atoms with Gasteiger partial charge >= 0.3 is 6.09 Å². The molecule has 2 aromatic rings. The van der Waals surface area contributed by atoms with Crippen LogP contribution in [0.1, 0.15) is 43.9 Å². The second-order valence-corrected chi connectivity index (χ2v) is 10.4. The third-order valence-corrected chi connectivity index (χ3v) is 7.78. The fraction of sp³-hybridized carbons (Fsp3) is 0.519. The number of ether oxygens (including phenoxy) is 3. The Bertz CT molecular complexity index is 1090. The molecule has 1 unspecified atom stereocenters. The third kappa shape index (κ3) is 4.11. The summed E-state index contributed by atoms with van der Waals surface area (Å²) in [5.41, 5.74) is 2.81. The first-order valence-corrected chi connectivity index (χ1v) is 12.0. The number of nitrogens with one attached hydrogen (secondary N) is 1. The van der Waals surface area contributed by atoms with Gasteiger partial charge in [-0.15, -0.1) is 0 Å². The quantitative estimate of drug-likeness (QED) is 0.673. The van der Waals surface area contributed by atoms with E-state index in [9.17, 15) is 4.79 Å². The highest BCUT2D eigenvalue weighted by Gasteiger charge is 2.42. The van der Waals surface area contributed by atoms with Crippen molar-refractivity contribution in [2.24, 2.45) is 11.3 Å². The van der Waals surface area contributed by atoms with Crippen LogP contribution in [0, 0.1) is 17.2 Å². The Morgan fingerprint density at radius 2 is 1.82 bits per heavy atom. The van der Waals surface area contributed by atoms with Gasteiger partial charge in [0.2, 0.25) is 0 Å². The molecule has 2 atom stereocenters. The molecule has 2 aromatic carbocycles. The number of piperidine rings is 3. The van der Waals surface area contributed by atoms with Crippen LogP contribution in [0.3, 0.4) is 0 Å². The minimum atomic E-state index is -0.408. The topological polar surface area (TPSA) is 60.0 Å². The van der Waals surface area contributed by atoms with Crippen molar-refractivity contribution >= 4 is 6.09 Å². The van der Waals surface area contributed by atoms with E-state index in [4.69, 9.17) is 14.2 Å². The van der Waals surface area contributed by atoms with Crippen LogP contribution in [0.4, 0.5) is 9.18 Å². The summed E-state index contributed by atoms with van der Waals surface area (Å²) in [4.78, 5) is 15.2. The molecule has 6 rings (SSSR count). The minimum absolute atomic E-state index is 0.0596. The molecule has 2 bridgehead atoms. The molecular weight excluding hydrogens is 435 g/mol. The molecule has 7 heteroatoms.